The number of benzene rings is 1. The second-order valence-corrected chi connectivity index (χ2v) is 5.05. The van der Waals surface area contributed by atoms with Crippen molar-refractivity contribution in [1.82, 2.24) is 15.3 Å². The molecule has 110 valence electrons. The van der Waals surface area contributed by atoms with E-state index in [0.29, 0.717) is 26.3 Å². The first-order chi connectivity index (χ1) is 10.3. The predicted octanol–water partition coefficient (Wildman–Crippen LogP) is 2.24. The number of nitrogens with zero attached hydrogens (tertiary/aromatic N) is 2. The van der Waals surface area contributed by atoms with Crippen molar-refractivity contribution in [2.75, 3.05) is 13.2 Å². The van der Waals surface area contributed by atoms with Gasteiger partial charge in [0, 0.05) is 37.5 Å². The van der Waals surface area contributed by atoms with Crippen molar-refractivity contribution >= 4 is 0 Å². The van der Waals surface area contributed by atoms with E-state index in [1.807, 2.05) is 19.1 Å². The van der Waals surface area contributed by atoms with Gasteiger partial charge in [-0.25, -0.2) is 0 Å². The number of rotatable bonds is 4. The number of aryl methyl sites for hydroxylation is 1. The molecule has 0 fully saturated rings. The van der Waals surface area contributed by atoms with Gasteiger partial charge in [0.2, 0.25) is 0 Å². The Balaban J connectivity index is 1.64. The fraction of sp³-hybridized carbons (Fsp3) is 0.375. The minimum atomic E-state index is 0.678. The fourth-order valence-electron chi connectivity index (χ4n) is 2.23. The maximum absolute atomic E-state index is 5.81. The molecular weight excluding hydrogens is 266 g/mol. The average Bonchev–Trinajstić information content (AvgIpc) is 2.75. The van der Waals surface area contributed by atoms with Gasteiger partial charge < -0.3 is 14.8 Å². The Bertz CT molecular complexity index is 599. The number of nitrogens with one attached hydrogen (secondary N) is 1. The zero-order valence-electron chi connectivity index (χ0n) is 12.1. The highest BCUT2D eigenvalue weighted by atomic mass is 16.5. The average molecular weight is 285 g/mol. The van der Waals surface area contributed by atoms with Crippen LogP contribution in [0.15, 0.2) is 30.6 Å². The first-order valence-corrected chi connectivity index (χ1v) is 7.18. The molecular formula is C16H19N3O2. The van der Waals surface area contributed by atoms with Gasteiger partial charge in [-0.05, 0) is 13.0 Å². The first-order valence-electron chi connectivity index (χ1n) is 7.18. The van der Waals surface area contributed by atoms with E-state index in [1.54, 1.807) is 12.4 Å². The van der Waals surface area contributed by atoms with Crippen LogP contribution in [0.4, 0.5) is 0 Å². The summed E-state index contributed by atoms with van der Waals surface area (Å²) in [6.45, 7) is 4.73. The lowest BCUT2D eigenvalue weighted by Crippen LogP contribution is -2.15. The number of hydrogen-bond donors (Lipinski definition) is 1. The topological polar surface area (TPSA) is 56.3 Å². The van der Waals surface area contributed by atoms with Crippen LogP contribution in [0.25, 0.3) is 0 Å². The van der Waals surface area contributed by atoms with Crippen molar-refractivity contribution in [2.24, 2.45) is 0 Å². The molecule has 1 aliphatic rings. The van der Waals surface area contributed by atoms with Crippen molar-refractivity contribution in [2.45, 2.75) is 26.4 Å². The second kappa shape index (κ2) is 6.54. The summed E-state index contributed by atoms with van der Waals surface area (Å²) in [4.78, 5) is 8.57. The molecule has 0 amide bonds. The number of fused-ring (bicyclic) bond motifs is 1. The summed E-state index contributed by atoms with van der Waals surface area (Å²) in [5.74, 6) is 1.69. The van der Waals surface area contributed by atoms with Crippen molar-refractivity contribution in [3.8, 4) is 11.5 Å². The van der Waals surface area contributed by atoms with Crippen LogP contribution in [0.1, 0.15) is 23.4 Å². The molecule has 0 bridgehead atoms. The summed E-state index contributed by atoms with van der Waals surface area (Å²) in [7, 11) is 0. The third kappa shape index (κ3) is 3.49. The highest BCUT2D eigenvalue weighted by Crippen LogP contribution is 2.33. The lowest BCUT2D eigenvalue weighted by Gasteiger charge is -2.12. The van der Waals surface area contributed by atoms with Crippen LogP contribution in [-0.4, -0.2) is 23.2 Å². The maximum Gasteiger partial charge on any atom is 0.165 e. The SMILES string of the molecule is Cc1cnc(CNCc2cccc3c2OCCCO3)cn1. The van der Waals surface area contributed by atoms with E-state index in [0.717, 1.165) is 34.9 Å². The quantitative estimate of drug-likeness (QED) is 0.933. The lowest BCUT2D eigenvalue weighted by atomic mass is 10.2. The fourth-order valence-corrected chi connectivity index (χ4v) is 2.23. The van der Waals surface area contributed by atoms with Crippen molar-refractivity contribution in [3.63, 3.8) is 0 Å². The van der Waals surface area contributed by atoms with Gasteiger partial charge >= 0.3 is 0 Å². The Labute approximate surface area is 124 Å². The van der Waals surface area contributed by atoms with Gasteiger partial charge in [-0.3, -0.25) is 9.97 Å². The zero-order valence-corrected chi connectivity index (χ0v) is 12.1. The molecule has 0 saturated carbocycles. The van der Waals surface area contributed by atoms with Crippen LogP contribution >= 0.6 is 0 Å². The minimum absolute atomic E-state index is 0.678. The number of ether oxygens (including phenoxy) is 2. The molecule has 0 aliphatic carbocycles. The third-order valence-electron chi connectivity index (χ3n) is 3.31. The van der Waals surface area contributed by atoms with E-state index < -0.39 is 0 Å². The van der Waals surface area contributed by atoms with Gasteiger partial charge in [0.1, 0.15) is 0 Å². The molecule has 2 heterocycles. The number of hydrogen-bond acceptors (Lipinski definition) is 5. The molecule has 21 heavy (non-hydrogen) atoms. The molecule has 0 atom stereocenters. The molecule has 0 spiro atoms. The summed E-state index contributed by atoms with van der Waals surface area (Å²) >= 11 is 0. The van der Waals surface area contributed by atoms with E-state index in [4.69, 9.17) is 9.47 Å². The normalized spacial score (nSPS) is 13.8. The number of para-hydroxylation sites is 1. The van der Waals surface area contributed by atoms with E-state index in [2.05, 4.69) is 21.4 Å². The van der Waals surface area contributed by atoms with Crippen molar-refractivity contribution in [3.05, 3.63) is 47.5 Å². The molecule has 1 aromatic carbocycles. The van der Waals surface area contributed by atoms with Crippen LogP contribution < -0.4 is 14.8 Å². The van der Waals surface area contributed by atoms with Gasteiger partial charge in [0.15, 0.2) is 11.5 Å². The molecule has 1 aliphatic heterocycles. The molecule has 0 radical (unpaired) electrons. The summed E-state index contributed by atoms with van der Waals surface area (Å²) in [5.41, 5.74) is 2.96. The molecule has 5 heteroatoms. The minimum Gasteiger partial charge on any atom is -0.490 e. The largest absolute Gasteiger partial charge is 0.490 e. The molecule has 2 aromatic rings. The molecule has 3 rings (SSSR count). The van der Waals surface area contributed by atoms with Gasteiger partial charge in [0.05, 0.1) is 24.6 Å². The van der Waals surface area contributed by atoms with E-state index in [9.17, 15) is 0 Å². The Hall–Kier alpha value is -2.14. The Kier molecular flexibility index (Phi) is 4.31. The highest BCUT2D eigenvalue weighted by Gasteiger charge is 2.13. The van der Waals surface area contributed by atoms with Gasteiger partial charge in [-0.1, -0.05) is 12.1 Å². The van der Waals surface area contributed by atoms with Crippen molar-refractivity contribution in [1.29, 1.82) is 0 Å². The molecule has 0 unspecified atom stereocenters. The Morgan fingerprint density at radius 2 is 2.00 bits per heavy atom. The van der Waals surface area contributed by atoms with Crippen LogP contribution in [0.3, 0.4) is 0 Å². The van der Waals surface area contributed by atoms with Crippen LogP contribution in [0.5, 0.6) is 11.5 Å². The summed E-state index contributed by atoms with van der Waals surface area (Å²) < 4.78 is 11.5. The Morgan fingerprint density at radius 3 is 2.86 bits per heavy atom. The lowest BCUT2D eigenvalue weighted by molar-refractivity contribution is 0.296. The standard InChI is InChI=1S/C16H19N3O2/c1-12-8-19-14(11-18-12)10-17-9-13-4-2-5-15-16(13)21-7-3-6-20-15/h2,4-5,8,11,17H,3,6-7,9-10H2,1H3. The first kappa shape index (κ1) is 13.8. The second-order valence-electron chi connectivity index (χ2n) is 5.05. The third-order valence-corrected chi connectivity index (χ3v) is 3.31. The van der Waals surface area contributed by atoms with E-state index >= 15 is 0 Å². The molecule has 0 saturated heterocycles. The number of aromatic nitrogens is 2. The van der Waals surface area contributed by atoms with Gasteiger partial charge in [-0.2, -0.15) is 0 Å². The van der Waals surface area contributed by atoms with E-state index in [-0.39, 0.29) is 0 Å². The van der Waals surface area contributed by atoms with Crippen LogP contribution in [-0.2, 0) is 13.1 Å². The molecule has 1 N–H and O–H groups in total. The molecule has 5 nitrogen and oxygen atoms in total. The summed E-state index contributed by atoms with van der Waals surface area (Å²) in [5, 5.41) is 3.37. The summed E-state index contributed by atoms with van der Waals surface area (Å²) in [6, 6.07) is 6.01. The van der Waals surface area contributed by atoms with E-state index in [1.165, 1.54) is 0 Å². The molecule has 1 aromatic heterocycles. The van der Waals surface area contributed by atoms with Gasteiger partial charge in [0.25, 0.3) is 0 Å². The highest BCUT2D eigenvalue weighted by molar-refractivity contribution is 5.47. The smallest absolute Gasteiger partial charge is 0.165 e. The van der Waals surface area contributed by atoms with Crippen molar-refractivity contribution < 1.29 is 9.47 Å². The van der Waals surface area contributed by atoms with Crippen LogP contribution in [0, 0.1) is 6.92 Å². The van der Waals surface area contributed by atoms with Gasteiger partial charge in [-0.15, -0.1) is 0 Å². The predicted molar refractivity (Wildman–Crippen MR) is 79.4 cm³/mol. The summed E-state index contributed by atoms with van der Waals surface area (Å²) in [6.07, 6.45) is 4.50. The van der Waals surface area contributed by atoms with Crippen LogP contribution in [0.2, 0.25) is 0 Å². The maximum atomic E-state index is 5.81. The monoisotopic (exact) mass is 285 g/mol. The zero-order chi connectivity index (χ0) is 14.5. The Morgan fingerprint density at radius 1 is 1.10 bits per heavy atom.